The molecule has 1 aromatic rings. The number of benzene rings is 1. The summed E-state index contributed by atoms with van der Waals surface area (Å²) in [6.07, 6.45) is 2.02. The number of rotatable bonds is 13. The summed E-state index contributed by atoms with van der Waals surface area (Å²) >= 11 is 1.22. The van der Waals surface area contributed by atoms with E-state index in [1.807, 2.05) is 37.3 Å². The first-order valence-corrected chi connectivity index (χ1v) is 13.3. The van der Waals surface area contributed by atoms with Crippen LogP contribution in [0.4, 0.5) is 18.9 Å². The van der Waals surface area contributed by atoms with E-state index < -0.39 is 29.2 Å². The van der Waals surface area contributed by atoms with Crippen LogP contribution in [0.5, 0.6) is 0 Å². The van der Waals surface area contributed by atoms with E-state index in [4.69, 9.17) is 6.42 Å². The molecule has 2 amide bonds. The van der Waals surface area contributed by atoms with Crippen LogP contribution in [0, 0.1) is 35.5 Å². The molecule has 0 spiro atoms. The van der Waals surface area contributed by atoms with Gasteiger partial charge in [0.2, 0.25) is 11.8 Å². The number of hydrogen-bond donors (Lipinski definition) is 3. The van der Waals surface area contributed by atoms with Crippen LogP contribution in [-0.4, -0.2) is 73.2 Å². The van der Waals surface area contributed by atoms with E-state index in [1.165, 1.54) is 11.8 Å². The minimum atomic E-state index is -4.11. The number of terminal acetylenes is 1. The number of likely N-dealkylation sites (tertiary alicyclic amines) is 1. The van der Waals surface area contributed by atoms with E-state index in [0.29, 0.717) is 32.6 Å². The summed E-state index contributed by atoms with van der Waals surface area (Å²) in [5.41, 5.74) is 1.85. The van der Waals surface area contributed by atoms with Crippen molar-refractivity contribution in [1.29, 1.82) is 5.26 Å². The van der Waals surface area contributed by atoms with Crippen molar-refractivity contribution in [2.45, 2.75) is 37.6 Å². The number of carbonyl (C=O) groups is 2. The van der Waals surface area contributed by atoms with Gasteiger partial charge in [0.1, 0.15) is 11.2 Å². The monoisotopic (exact) mass is 537 g/mol. The smallest absolute Gasteiger partial charge is 0.383 e. The van der Waals surface area contributed by atoms with E-state index in [1.54, 1.807) is 0 Å². The van der Waals surface area contributed by atoms with Crippen molar-refractivity contribution >= 4 is 29.3 Å². The van der Waals surface area contributed by atoms with Gasteiger partial charge in [0.25, 0.3) is 0 Å². The molecular formula is C26H34F3N5O2S. The predicted molar refractivity (Wildman–Crippen MR) is 140 cm³/mol. The molecule has 0 radical (unpaired) electrons. The molecule has 1 heterocycles. The van der Waals surface area contributed by atoms with E-state index in [2.05, 4.69) is 26.8 Å². The van der Waals surface area contributed by atoms with Crippen molar-refractivity contribution in [3.05, 3.63) is 29.8 Å². The largest absolute Gasteiger partial charge is 0.391 e. The Bertz CT molecular complexity index is 968. The van der Waals surface area contributed by atoms with Crippen molar-refractivity contribution in [2.24, 2.45) is 11.8 Å². The second kappa shape index (κ2) is 15.4. The first-order chi connectivity index (χ1) is 17.7. The molecule has 1 aromatic carbocycles. The van der Waals surface area contributed by atoms with Crippen LogP contribution in [0.2, 0.25) is 0 Å². The molecule has 2 rings (SSSR count). The Morgan fingerprint density at radius 1 is 1.24 bits per heavy atom. The lowest BCUT2D eigenvalue weighted by atomic mass is 9.96. The number of piperidine rings is 1. The summed E-state index contributed by atoms with van der Waals surface area (Å²) in [4.78, 5) is 26.7. The van der Waals surface area contributed by atoms with Gasteiger partial charge in [-0.2, -0.15) is 18.4 Å². The molecule has 7 nitrogen and oxygen atoms in total. The summed E-state index contributed by atoms with van der Waals surface area (Å²) in [7, 11) is 0. The van der Waals surface area contributed by atoms with Crippen LogP contribution in [-0.2, 0) is 16.0 Å². The minimum absolute atomic E-state index is 0.0329. The first kappa shape index (κ1) is 30.3. The Balaban J connectivity index is 1.89. The zero-order valence-corrected chi connectivity index (χ0v) is 21.8. The minimum Gasteiger partial charge on any atom is -0.383 e. The highest BCUT2D eigenvalue weighted by atomic mass is 32.2. The summed E-state index contributed by atoms with van der Waals surface area (Å²) in [5.74, 6) is -0.364. The number of nitrogens with zero attached hydrogens (tertiary/aromatic N) is 2. The Kier molecular flexibility index (Phi) is 12.6. The standard InChI is InChI=1S/C26H34F3N5O2S/c1-3-11-32-24(35)20(16-30)18-37-23(25(36)31-4-2)17-33-22-7-5-6-19(15-22)8-12-34-13-9-21(10-14-34)26(27,28)29/h1,5-7,15,20-21,23,33H,4,8-14,17-18H2,2H3,(H,31,36)(H,32,35). The quantitative estimate of drug-likeness (QED) is 0.335. The number of thioether (sulfide) groups is 1. The average Bonchev–Trinajstić information content (AvgIpc) is 2.88. The maximum Gasteiger partial charge on any atom is 0.391 e. The molecule has 37 heavy (non-hydrogen) atoms. The van der Waals surface area contributed by atoms with E-state index in [9.17, 15) is 28.0 Å². The van der Waals surface area contributed by atoms with Crippen LogP contribution < -0.4 is 16.0 Å². The second-order valence-corrected chi connectivity index (χ2v) is 10.0. The van der Waals surface area contributed by atoms with Crippen LogP contribution in [0.1, 0.15) is 25.3 Å². The summed E-state index contributed by atoms with van der Waals surface area (Å²) in [6.45, 7) is 4.16. The zero-order valence-electron chi connectivity index (χ0n) is 20.9. The normalized spacial score (nSPS) is 16.2. The molecule has 1 aliphatic rings. The maximum atomic E-state index is 12.9. The molecule has 0 aromatic heterocycles. The lowest BCUT2D eigenvalue weighted by Crippen LogP contribution is -2.39. The maximum absolute atomic E-state index is 12.9. The summed E-state index contributed by atoms with van der Waals surface area (Å²) < 4.78 is 38.6. The SMILES string of the molecule is C#CCNC(=O)C(C#N)CSC(CNc1cccc(CCN2CCC(C(F)(F)F)CC2)c1)C(=O)NCC. The van der Waals surface area contributed by atoms with Crippen molar-refractivity contribution in [3.63, 3.8) is 0 Å². The van der Waals surface area contributed by atoms with E-state index >= 15 is 0 Å². The summed E-state index contributed by atoms with van der Waals surface area (Å²) in [6, 6.07) is 9.66. The molecule has 1 saturated heterocycles. The fourth-order valence-corrected chi connectivity index (χ4v) is 5.07. The molecule has 0 saturated carbocycles. The molecule has 0 aliphatic carbocycles. The lowest BCUT2D eigenvalue weighted by molar-refractivity contribution is -0.185. The van der Waals surface area contributed by atoms with Gasteiger partial charge in [0.05, 0.1) is 18.5 Å². The van der Waals surface area contributed by atoms with Gasteiger partial charge in [-0.1, -0.05) is 18.1 Å². The van der Waals surface area contributed by atoms with Gasteiger partial charge in [-0.25, -0.2) is 0 Å². The highest BCUT2D eigenvalue weighted by Crippen LogP contribution is 2.34. The number of amides is 2. The average molecular weight is 538 g/mol. The highest BCUT2D eigenvalue weighted by Gasteiger charge is 2.40. The Labute approximate surface area is 220 Å². The summed E-state index contributed by atoms with van der Waals surface area (Å²) in [5, 5.41) is 17.3. The van der Waals surface area contributed by atoms with Crippen LogP contribution in [0.25, 0.3) is 0 Å². The van der Waals surface area contributed by atoms with Crippen LogP contribution >= 0.6 is 11.8 Å². The van der Waals surface area contributed by atoms with E-state index in [-0.39, 0.29) is 37.6 Å². The van der Waals surface area contributed by atoms with Crippen molar-refractivity contribution in [1.82, 2.24) is 15.5 Å². The molecule has 3 N–H and O–H groups in total. The molecule has 1 fully saturated rings. The molecule has 0 bridgehead atoms. The lowest BCUT2D eigenvalue weighted by Gasteiger charge is -2.32. The Morgan fingerprint density at radius 3 is 2.59 bits per heavy atom. The number of nitrogens with one attached hydrogen (secondary N) is 3. The second-order valence-electron chi connectivity index (χ2n) is 8.81. The van der Waals surface area contributed by atoms with Gasteiger partial charge in [-0.3, -0.25) is 9.59 Å². The highest BCUT2D eigenvalue weighted by molar-refractivity contribution is 8.00. The number of halogens is 3. The van der Waals surface area contributed by atoms with Crippen molar-refractivity contribution < 1.29 is 22.8 Å². The third-order valence-electron chi connectivity index (χ3n) is 6.13. The van der Waals surface area contributed by atoms with Gasteiger partial charge in [-0.05, 0) is 57.0 Å². The molecule has 11 heteroatoms. The topological polar surface area (TPSA) is 97.3 Å². The van der Waals surface area contributed by atoms with Gasteiger partial charge in [-0.15, -0.1) is 18.2 Å². The first-order valence-electron chi connectivity index (χ1n) is 12.3. The van der Waals surface area contributed by atoms with E-state index in [0.717, 1.165) is 11.3 Å². The van der Waals surface area contributed by atoms with Crippen molar-refractivity contribution in [2.75, 3.05) is 50.3 Å². The van der Waals surface area contributed by atoms with Gasteiger partial charge in [0.15, 0.2) is 0 Å². The molecule has 202 valence electrons. The van der Waals surface area contributed by atoms with Crippen LogP contribution in [0.3, 0.4) is 0 Å². The van der Waals surface area contributed by atoms with Gasteiger partial charge >= 0.3 is 6.18 Å². The molecule has 1 aliphatic heterocycles. The molecular weight excluding hydrogens is 503 g/mol. The van der Waals surface area contributed by atoms with Crippen molar-refractivity contribution in [3.8, 4) is 18.4 Å². The third kappa shape index (κ3) is 10.6. The molecule has 2 unspecified atom stereocenters. The number of carbonyl (C=O) groups excluding carboxylic acids is 2. The fraction of sp³-hybridized carbons (Fsp3) is 0.577. The fourth-order valence-electron chi connectivity index (χ4n) is 3.98. The molecule has 2 atom stereocenters. The number of hydrogen-bond acceptors (Lipinski definition) is 6. The van der Waals surface area contributed by atoms with Gasteiger partial charge < -0.3 is 20.9 Å². The predicted octanol–water partition coefficient (Wildman–Crippen LogP) is 3.04. The third-order valence-corrected chi connectivity index (χ3v) is 7.44. The number of alkyl halides is 3. The number of anilines is 1. The zero-order chi connectivity index (χ0) is 27.3. The van der Waals surface area contributed by atoms with Gasteiger partial charge in [0, 0.05) is 31.1 Å². The Morgan fingerprint density at radius 2 is 1.97 bits per heavy atom. The van der Waals surface area contributed by atoms with Crippen LogP contribution in [0.15, 0.2) is 24.3 Å². The Hall–Kier alpha value is -2.89. The number of nitriles is 1.